The Hall–Kier alpha value is -8.90. The second-order valence-electron chi connectivity index (χ2n) is 23.4. The summed E-state index contributed by atoms with van der Waals surface area (Å²) in [6.07, 6.45) is 0. The Kier molecular flexibility index (Phi) is 12.9. The van der Waals surface area contributed by atoms with Crippen molar-refractivity contribution < 1.29 is 0 Å². The van der Waals surface area contributed by atoms with E-state index in [1.165, 1.54) is 81.3 Å². The second-order valence-corrected chi connectivity index (χ2v) is 24.5. The van der Waals surface area contributed by atoms with Gasteiger partial charge in [-0.2, -0.15) is 0 Å². The molecule has 0 spiro atoms. The summed E-state index contributed by atoms with van der Waals surface area (Å²) >= 11 is 1.87. The highest BCUT2D eigenvalue weighted by Gasteiger charge is 2.32. The summed E-state index contributed by atoms with van der Waals surface area (Å²) in [5.41, 5.74) is 24.3. The van der Waals surface area contributed by atoms with Gasteiger partial charge in [0, 0.05) is 71.2 Å². The van der Waals surface area contributed by atoms with Gasteiger partial charge in [0.2, 0.25) is 0 Å². The molecule has 0 unspecified atom stereocenters. The fraction of sp³-hybridized carbons (Fsp3) is 0.120. The van der Waals surface area contributed by atoms with Crippen molar-refractivity contribution in [2.24, 2.45) is 0 Å². The van der Waals surface area contributed by atoms with E-state index < -0.39 is 0 Å². The van der Waals surface area contributed by atoms with Gasteiger partial charge in [-0.05, 0) is 152 Å². The number of rotatable bonds is 10. The van der Waals surface area contributed by atoms with Gasteiger partial charge in [0.1, 0.15) is 0 Å². The molecular formula is C75H63BN3S. The van der Waals surface area contributed by atoms with Gasteiger partial charge in [0.05, 0.1) is 0 Å². The average Bonchev–Trinajstić information content (AvgIpc) is 3.86. The minimum absolute atomic E-state index is 0.0120. The highest BCUT2D eigenvalue weighted by Crippen LogP contribution is 2.50. The van der Waals surface area contributed by atoms with E-state index in [2.05, 4.69) is 320 Å². The highest BCUT2D eigenvalue weighted by molar-refractivity contribution is 7.26. The van der Waals surface area contributed by atoms with Crippen LogP contribution < -0.4 is 26.0 Å². The van der Waals surface area contributed by atoms with Crippen LogP contribution in [0.15, 0.2) is 249 Å². The summed E-state index contributed by atoms with van der Waals surface area (Å²) in [6, 6.07) is 91.9. The summed E-state index contributed by atoms with van der Waals surface area (Å²) in [7, 11) is 2.47. The molecule has 2 heterocycles. The first kappa shape index (κ1) is 50.6. The van der Waals surface area contributed by atoms with Gasteiger partial charge in [-0.15, -0.1) is 11.3 Å². The normalized spacial score (nSPS) is 12.3. The third-order valence-electron chi connectivity index (χ3n) is 15.9. The zero-order valence-electron chi connectivity index (χ0n) is 46.6. The molecule has 1 aromatic heterocycles. The zero-order chi connectivity index (χ0) is 54.7. The molecule has 1 N–H and O–H groups in total. The first-order valence-corrected chi connectivity index (χ1v) is 28.7. The number of nitrogens with one attached hydrogen (secondary N) is 1. The second kappa shape index (κ2) is 20.4. The molecule has 0 fully saturated rings. The zero-order valence-corrected chi connectivity index (χ0v) is 47.4. The van der Waals surface area contributed by atoms with Crippen LogP contribution in [-0.4, -0.2) is 7.28 Å². The van der Waals surface area contributed by atoms with Crippen LogP contribution in [0, 0.1) is 6.92 Å². The number of aryl methyl sites for hydroxylation is 1. The van der Waals surface area contributed by atoms with Gasteiger partial charge in [-0.25, -0.2) is 0 Å². The van der Waals surface area contributed by atoms with Crippen LogP contribution in [0.4, 0.5) is 45.5 Å². The molecule has 5 heteroatoms. The number of fused-ring (bicyclic) bond motifs is 5. The van der Waals surface area contributed by atoms with Crippen LogP contribution in [-0.2, 0) is 10.8 Å². The minimum atomic E-state index is 0.0120. The van der Waals surface area contributed by atoms with E-state index in [1.807, 2.05) is 11.3 Å². The Morgan fingerprint density at radius 3 is 1.54 bits per heavy atom. The van der Waals surface area contributed by atoms with Gasteiger partial charge in [-0.3, -0.25) is 0 Å². The van der Waals surface area contributed by atoms with Crippen molar-refractivity contribution in [3.8, 4) is 44.5 Å². The summed E-state index contributed by atoms with van der Waals surface area (Å²) in [5.74, 6) is 0. The number of hydrogen-bond acceptors (Lipinski definition) is 4. The molecule has 80 heavy (non-hydrogen) atoms. The van der Waals surface area contributed by atoms with E-state index in [0.29, 0.717) is 0 Å². The molecule has 1 radical (unpaired) electrons. The summed E-state index contributed by atoms with van der Waals surface area (Å²) in [4.78, 5) is 4.96. The fourth-order valence-corrected chi connectivity index (χ4v) is 12.7. The maximum atomic E-state index is 4.09. The molecule has 13 rings (SSSR count). The van der Waals surface area contributed by atoms with Crippen molar-refractivity contribution in [2.75, 3.05) is 15.1 Å². The van der Waals surface area contributed by atoms with Crippen molar-refractivity contribution in [3.05, 3.63) is 265 Å². The van der Waals surface area contributed by atoms with Crippen LogP contribution in [0.3, 0.4) is 0 Å². The van der Waals surface area contributed by atoms with Crippen LogP contribution in [0.1, 0.15) is 58.2 Å². The smallest absolute Gasteiger partial charge is 0.197 e. The van der Waals surface area contributed by atoms with Crippen LogP contribution in [0.25, 0.3) is 64.7 Å². The van der Waals surface area contributed by atoms with E-state index in [9.17, 15) is 0 Å². The lowest BCUT2D eigenvalue weighted by molar-refractivity contribution is 0.590. The Labute approximate surface area is 476 Å². The van der Waals surface area contributed by atoms with Crippen molar-refractivity contribution >= 4 is 95.2 Å². The van der Waals surface area contributed by atoms with E-state index in [-0.39, 0.29) is 10.8 Å². The van der Waals surface area contributed by atoms with Crippen LogP contribution in [0.2, 0.25) is 0 Å². The van der Waals surface area contributed by atoms with Gasteiger partial charge in [-0.1, -0.05) is 223 Å². The molecule has 0 saturated carbocycles. The highest BCUT2D eigenvalue weighted by atomic mass is 32.1. The standard InChI is InChI=1S/C75H63BN3S/c1-49-27-28-55(52-23-15-10-16-24-52)46-67(49)79-66-44-31-54(51-21-13-9-14-22-51)45-64(66)76-73-68(79)48-70-71(63-25-17-18-26-69(63)80-70)72(73)62-43-42-61(47-65(62)77-58-36-29-53(30-37-58)50-19-11-8-12-20-50)78(59-38-32-56(33-39-59)74(2,3)4)60-40-34-57(35-41-60)75(5,6)7/h8-48,77H,1-7H3. The largest absolute Gasteiger partial charge is 0.355 e. The molecule has 1 aliphatic heterocycles. The number of thiophene rings is 1. The fourth-order valence-electron chi connectivity index (χ4n) is 11.6. The summed E-state index contributed by atoms with van der Waals surface area (Å²) in [5, 5.41) is 6.59. The number of hydrogen-bond donors (Lipinski definition) is 1. The molecule has 3 nitrogen and oxygen atoms in total. The Morgan fingerprint density at radius 2 is 0.938 bits per heavy atom. The lowest BCUT2D eigenvalue weighted by Crippen LogP contribution is -2.41. The van der Waals surface area contributed by atoms with Crippen molar-refractivity contribution in [2.45, 2.75) is 59.3 Å². The van der Waals surface area contributed by atoms with Crippen molar-refractivity contribution in [3.63, 3.8) is 0 Å². The molecule has 11 aromatic carbocycles. The molecule has 1 aliphatic rings. The third kappa shape index (κ3) is 9.56. The summed E-state index contributed by atoms with van der Waals surface area (Å²) < 4.78 is 2.50. The Balaban J connectivity index is 1.08. The van der Waals surface area contributed by atoms with Gasteiger partial charge >= 0.3 is 0 Å². The molecule has 387 valence electrons. The third-order valence-corrected chi connectivity index (χ3v) is 17.1. The van der Waals surface area contributed by atoms with Gasteiger partial charge in [0.15, 0.2) is 7.28 Å². The monoisotopic (exact) mass is 1050 g/mol. The van der Waals surface area contributed by atoms with Crippen molar-refractivity contribution in [1.82, 2.24) is 0 Å². The molecule has 0 aliphatic carbocycles. The first-order chi connectivity index (χ1) is 38.8. The number of nitrogens with zero attached hydrogens (tertiary/aromatic N) is 2. The topological polar surface area (TPSA) is 18.5 Å². The number of anilines is 8. The predicted octanol–water partition coefficient (Wildman–Crippen LogP) is 20.3. The van der Waals surface area contributed by atoms with Crippen LogP contribution >= 0.6 is 11.3 Å². The maximum Gasteiger partial charge on any atom is 0.197 e. The van der Waals surface area contributed by atoms with E-state index in [1.54, 1.807) is 0 Å². The molecule has 0 saturated heterocycles. The quantitative estimate of drug-likeness (QED) is 0.138. The first-order valence-electron chi connectivity index (χ1n) is 27.9. The summed E-state index contributed by atoms with van der Waals surface area (Å²) in [6.45, 7) is 15.9. The van der Waals surface area contributed by atoms with E-state index >= 15 is 0 Å². The lowest BCUT2D eigenvalue weighted by atomic mass is 9.57. The molecule has 0 amide bonds. The van der Waals surface area contributed by atoms with Gasteiger partial charge in [0.25, 0.3) is 0 Å². The Morgan fingerprint density at radius 1 is 0.425 bits per heavy atom. The predicted molar refractivity (Wildman–Crippen MR) is 347 cm³/mol. The average molecular weight is 1050 g/mol. The minimum Gasteiger partial charge on any atom is -0.355 e. The van der Waals surface area contributed by atoms with E-state index in [0.717, 1.165) is 56.5 Å². The molecule has 0 atom stereocenters. The molecule has 0 bridgehead atoms. The molecular weight excluding hydrogens is 986 g/mol. The lowest BCUT2D eigenvalue weighted by Gasteiger charge is -2.36. The maximum absolute atomic E-state index is 4.09. The Bertz CT molecular complexity index is 4170. The SMILES string of the molecule is Cc1ccc(-c2ccccc2)cc1N1c2ccc(-c3ccccc3)cc2[B]c2c1cc1sc3ccccc3c1c2-c1ccc(N(c2ccc(C(C)(C)C)cc2)c2ccc(C(C)(C)C)cc2)cc1Nc1ccc(-c2ccccc2)cc1. The molecule has 12 aromatic rings. The van der Waals surface area contributed by atoms with E-state index in [4.69, 9.17) is 0 Å². The van der Waals surface area contributed by atoms with Crippen molar-refractivity contribution in [1.29, 1.82) is 0 Å². The van der Waals surface area contributed by atoms with Gasteiger partial charge < -0.3 is 15.1 Å². The number of benzene rings is 11. The van der Waals surface area contributed by atoms with Crippen LogP contribution in [0.5, 0.6) is 0 Å².